The Balaban J connectivity index is 1.46. The summed E-state index contributed by atoms with van der Waals surface area (Å²) in [6, 6.07) is 12.0. The summed E-state index contributed by atoms with van der Waals surface area (Å²) in [6.07, 6.45) is -0.674. The Bertz CT molecular complexity index is 792. The van der Waals surface area contributed by atoms with E-state index in [1.807, 2.05) is 0 Å². The summed E-state index contributed by atoms with van der Waals surface area (Å²) in [5, 5.41) is 13.3. The van der Waals surface area contributed by atoms with Crippen LogP contribution >= 0.6 is 0 Å². The molecule has 0 radical (unpaired) electrons. The van der Waals surface area contributed by atoms with Crippen LogP contribution in [0.4, 0.5) is 0 Å². The summed E-state index contributed by atoms with van der Waals surface area (Å²) >= 11 is 0. The van der Waals surface area contributed by atoms with Gasteiger partial charge >= 0.3 is 0 Å². The number of nitrogens with one attached hydrogen (secondary N) is 1. The minimum Gasteiger partial charge on any atom is -0.497 e. The first-order valence-electron chi connectivity index (χ1n) is 9.20. The second-order valence-electron chi connectivity index (χ2n) is 6.48. The van der Waals surface area contributed by atoms with E-state index in [1.54, 1.807) is 56.5 Å². The van der Waals surface area contributed by atoms with E-state index >= 15 is 0 Å². The number of aliphatic hydroxyl groups excluding tert-OH is 1. The second-order valence-corrected chi connectivity index (χ2v) is 6.48. The molecule has 0 unspecified atom stereocenters. The Kier molecular flexibility index (Phi) is 6.60. The van der Waals surface area contributed by atoms with Gasteiger partial charge in [-0.3, -0.25) is 4.79 Å². The van der Waals surface area contributed by atoms with Crippen molar-refractivity contribution in [3.8, 4) is 23.0 Å². The van der Waals surface area contributed by atoms with Gasteiger partial charge < -0.3 is 29.4 Å². The van der Waals surface area contributed by atoms with Crippen molar-refractivity contribution in [1.82, 2.24) is 5.32 Å². The van der Waals surface area contributed by atoms with Crippen LogP contribution in [0.3, 0.4) is 0 Å². The van der Waals surface area contributed by atoms with E-state index in [2.05, 4.69) is 5.32 Å². The van der Waals surface area contributed by atoms with E-state index in [1.165, 1.54) is 0 Å². The van der Waals surface area contributed by atoms with Crippen LogP contribution in [0, 0.1) is 0 Å². The number of ether oxygens (including phenoxy) is 4. The molecule has 3 rings (SSSR count). The maximum absolute atomic E-state index is 12.1. The number of hydrogen-bond donors (Lipinski definition) is 2. The molecular formula is C21H25NO6. The van der Waals surface area contributed by atoms with Crippen molar-refractivity contribution in [3.05, 3.63) is 48.0 Å². The average molecular weight is 387 g/mol. The lowest BCUT2D eigenvalue weighted by Crippen LogP contribution is -2.37. The van der Waals surface area contributed by atoms with Crippen molar-refractivity contribution in [2.24, 2.45) is 0 Å². The third-order valence-electron chi connectivity index (χ3n) is 4.43. The molecule has 2 aromatic rings. The Morgan fingerprint density at radius 2 is 1.79 bits per heavy atom. The molecule has 0 saturated heterocycles. The van der Waals surface area contributed by atoms with E-state index in [-0.39, 0.29) is 18.9 Å². The average Bonchev–Trinajstić information content (AvgIpc) is 2.73. The standard InChI is InChI=1S/C21H25NO6/c1-14(21(24)15-3-8-18-19(13-15)28-12-11-27-18)22-20(23)9-10-26-17-6-4-16(25-2)5-7-17/h3-8,13-14,21,24H,9-12H2,1-2H3,(H,22,23)/t14-,21+/m1/s1. The van der Waals surface area contributed by atoms with Gasteiger partial charge in [-0.15, -0.1) is 0 Å². The Morgan fingerprint density at radius 1 is 1.11 bits per heavy atom. The SMILES string of the molecule is COc1ccc(OCCC(=O)N[C@H](C)[C@H](O)c2ccc3c(c2)OCCO3)cc1. The molecule has 1 amide bonds. The highest BCUT2D eigenvalue weighted by Crippen LogP contribution is 2.33. The van der Waals surface area contributed by atoms with Crippen molar-refractivity contribution >= 4 is 5.91 Å². The molecule has 1 aliphatic rings. The Labute approximate surface area is 164 Å². The van der Waals surface area contributed by atoms with Crippen molar-refractivity contribution in [3.63, 3.8) is 0 Å². The van der Waals surface area contributed by atoms with Crippen molar-refractivity contribution < 1.29 is 28.8 Å². The number of aliphatic hydroxyl groups is 1. The predicted octanol–water partition coefficient (Wildman–Crippen LogP) is 2.47. The van der Waals surface area contributed by atoms with Gasteiger partial charge in [0.1, 0.15) is 24.7 Å². The zero-order valence-corrected chi connectivity index (χ0v) is 16.0. The lowest BCUT2D eigenvalue weighted by atomic mass is 10.0. The van der Waals surface area contributed by atoms with Crippen molar-refractivity contribution in [2.75, 3.05) is 26.9 Å². The number of carbonyl (C=O) groups is 1. The molecule has 0 aromatic heterocycles. The third-order valence-corrected chi connectivity index (χ3v) is 4.43. The molecule has 7 nitrogen and oxygen atoms in total. The smallest absolute Gasteiger partial charge is 0.223 e. The van der Waals surface area contributed by atoms with Crippen molar-refractivity contribution in [2.45, 2.75) is 25.5 Å². The van der Waals surface area contributed by atoms with Crippen molar-refractivity contribution in [1.29, 1.82) is 0 Å². The highest BCUT2D eigenvalue weighted by Gasteiger charge is 2.21. The first-order valence-corrected chi connectivity index (χ1v) is 9.20. The molecule has 1 aliphatic heterocycles. The largest absolute Gasteiger partial charge is 0.497 e. The fourth-order valence-electron chi connectivity index (χ4n) is 2.87. The monoisotopic (exact) mass is 387 g/mol. The van der Waals surface area contributed by atoms with E-state index in [9.17, 15) is 9.90 Å². The zero-order chi connectivity index (χ0) is 19.9. The third kappa shape index (κ3) is 5.07. The summed E-state index contributed by atoms with van der Waals surface area (Å²) in [6.45, 7) is 2.99. The Hall–Kier alpha value is -2.93. The van der Waals surface area contributed by atoms with Crippen LogP contribution in [0.15, 0.2) is 42.5 Å². The minimum absolute atomic E-state index is 0.185. The van der Waals surface area contributed by atoms with Gasteiger partial charge in [-0.05, 0) is 48.9 Å². The molecule has 28 heavy (non-hydrogen) atoms. The molecule has 150 valence electrons. The molecule has 0 bridgehead atoms. The van der Waals surface area contributed by atoms with Gasteiger partial charge in [0.25, 0.3) is 0 Å². The molecule has 0 fully saturated rings. The van der Waals surface area contributed by atoms with Crippen LogP contribution in [-0.2, 0) is 4.79 Å². The first kappa shape index (κ1) is 19.8. The predicted molar refractivity (Wildman–Crippen MR) is 103 cm³/mol. The van der Waals surface area contributed by atoms with Gasteiger partial charge in [-0.2, -0.15) is 0 Å². The van der Waals surface area contributed by atoms with Crippen LogP contribution in [0.2, 0.25) is 0 Å². The maximum Gasteiger partial charge on any atom is 0.223 e. The first-order chi connectivity index (χ1) is 13.6. The number of rotatable bonds is 8. The number of methoxy groups -OCH3 is 1. The number of benzene rings is 2. The van der Waals surface area contributed by atoms with Gasteiger partial charge in [-0.1, -0.05) is 6.07 Å². The molecule has 0 saturated carbocycles. The molecule has 0 spiro atoms. The van der Waals surface area contributed by atoms with E-state index in [4.69, 9.17) is 18.9 Å². The maximum atomic E-state index is 12.1. The number of hydrogen-bond acceptors (Lipinski definition) is 6. The van der Waals surface area contributed by atoms with Gasteiger partial charge in [0.2, 0.25) is 5.91 Å². The molecule has 7 heteroatoms. The van der Waals surface area contributed by atoms with Gasteiger partial charge in [0.15, 0.2) is 11.5 Å². The summed E-state index contributed by atoms with van der Waals surface area (Å²) in [7, 11) is 1.60. The van der Waals surface area contributed by atoms with Gasteiger partial charge in [0.05, 0.1) is 32.3 Å². The summed E-state index contributed by atoms with van der Waals surface area (Å²) < 4.78 is 21.7. The highest BCUT2D eigenvalue weighted by atomic mass is 16.6. The molecular weight excluding hydrogens is 362 g/mol. The second kappa shape index (κ2) is 9.32. The normalized spacial score (nSPS) is 14.7. The number of carbonyl (C=O) groups excluding carboxylic acids is 1. The van der Waals surface area contributed by atoms with Gasteiger partial charge in [-0.25, -0.2) is 0 Å². The lowest BCUT2D eigenvalue weighted by Gasteiger charge is -2.23. The zero-order valence-electron chi connectivity index (χ0n) is 16.0. The highest BCUT2D eigenvalue weighted by molar-refractivity contribution is 5.76. The van der Waals surface area contributed by atoms with E-state index < -0.39 is 12.1 Å². The molecule has 2 N–H and O–H groups in total. The van der Waals surface area contributed by atoms with Crippen LogP contribution in [-0.4, -0.2) is 44.0 Å². The molecule has 1 heterocycles. The summed E-state index contributed by atoms with van der Waals surface area (Å²) in [4.78, 5) is 12.1. The van der Waals surface area contributed by atoms with E-state index in [0.29, 0.717) is 36.0 Å². The topological polar surface area (TPSA) is 86.3 Å². The number of amides is 1. The fourth-order valence-corrected chi connectivity index (χ4v) is 2.87. The number of fused-ring (bicyclic) bond motifs is 1. The van der Waals surface area contributed by atoms with Crippen LogP contribution < -0.4 is 24.3 Å². The fraction of sp³-hybridized carbons (Fsp3) is 0.381. The molecule has 2 atom stereocenters. The van der Waals surface area contributed by atoms with E-state index in [0.717, 1.165) is 5.75 Å². The summed E-state index contributed by atoms with van der Waals surface area (Å²) in [5.74, 6) is 2.48. The van der Waals surface area contributed by atoms with Crippen LogP contribution in [0.1, 0.15) is 25.0 Å². The van der Waals surface area contributed by atoms with Crippen LogP contribution in [0.25, 0.3) is 0 Å². The summed E-state index contributed by atoms with van der Waals surface area (Å²) in [5.41, 5.74) is 0.659. The van der Waals surface area contributed by atoms with Gasteiger partial charge in [0, 0.05) is 0 Å². The lowest BCUT2D eigenvalue weighted by molar-refractivity contribution is -0.123. The van der Waals surface area contributed by atoms with Crippen LogP contribution in [0.5, 0.6) is 23.0 Å². The molecule has 0 aliphatic carbocycles. The Morgan fingerprint density at radius 3 is 2.50 bits per heavy atom. The minimum atomic E-state index is -0.859. The molecule has 2 aromatic carbocycles. The quantitative estimate of drug-likeness (QED) is 0.724.